The van der Waals surface area contributed by atoms with Gasteiger partial charge in [0.15, 0.2) is 0 Å². The molecule has 1 aromatic heterocycles. The van der Waals surface area contributed by atoms with Crippen LogP contribution in [0.2, 0.25) is 0 Å². The van der Waals surface area contributed by atoms with Gasteiger partial charge in [-0.25, -0.2) is 4.99 Å². The number of H-pyrrole nitrogens is 1. The number of aryl methyl sites for hydroxylation is 2. The molecule has 1 aliphatic carbocycles. The van der Waals surface area contributed by atoms with Crippen molar-refractivity contribution < 1.29 is 0 Å². The second-order valence-corrected chi connectivity index (χ2v) is 7.53. The molecule has 0 amide bonds. The highest BCUT2D eigenvalue weighted by molar-refractivity contribution is 5.79. The van der Waals surface area contributed by atoms with Gasteiger partial charge in [-0.2, -0.15) is 5.26 Å². The van der Waals surface area contributed by atoms with Gasteiger partial charge in [0.2, 0.25) is 0 Å². The summed E-state index contributed by atoms with van der Waals surface area (Å²) >= 11 is 0. The van der Waals surface area contributed by atoms with E-state index in [1.165, 1.54) is 0 Å². The van der Waals surface area contributed by atoms with Crippen molar-refractivity contribution in [1.29, 1.82) is 5.26 Å². The number of fused-ring (bicyclic) bond motifs is 2. The number of benzene rings is 2. The molecule has 0 aliphatic heterocycles. The van der Waals surface area contributed by atoms with E-state index in [-0.39, 0.29) is 11.5 Å². The number of nitriles is 1. The first-order valence-corrected chi connectivity index (χ1v) is 9.39. The number of nitrogens with one attached hydrogen (secondary N) is 1. The highest BCUT2D eigenvalue weighted by Gasteiger charge is 2.43. The summed E-state index contributed by atoms with van der Waals surface area (Å²) in [7, 11) is 0. The molecular weight excluding hydrogens is 346 g/mol. The average molecular weight is 367 g/mol. The molecule has 4 nitrogen and oxygen atoms in total. The first-order chi connectivity index (χ1) is 13.5. The fraction of sp³-hybridized carbons (Fsp3) is 0.250. The lowest BCUT2D eigenvalue weighted by Gasteiger charge is -2.32. The van der Waals surface area contributed by atoms with Crippen LogP contribution in [0.15, 0.2) is 58.8 Å². The van der Waals surface area contributed by atoms with Crippen molar-refractivity contribution in [2.24, 2.45) is 4.99 Å². The second kappa shape index (κ2) is 6.64. The Bertz CT molecular complexity index is 1240. The zero-order chi connectivity index (χ0) is 19.9. The molecule has 1 unspecified atom stereocenters. The number of pyridine rings is 1. The van der Waals surface area contributed by atoms with E-state index in [0.29, 0.717) is 11.1 Å². The zero-order valence-electron chi connectivity index (χ0n) is 16.0. The lowest BCUT2D eigenvalue weighted by molar-refractivity contribution is 0.376. The van der Waals surface area contributed by atoms with E-state index in [1.807, 2.05) is 43.3 Å². The molecule has 3 aromatic rings. The average Bonchev–Trinajstić information content (AvgIpc) is 3.07. The van der Waals surface area contributed by atoms with Crippen molar-refractivity contribution in [3.8, 4) is 6.07 Å². The standard InChI is InChI=1S/C24H21N3O/c1-4-26-24(10-9-19-12-17(14-25)5-8-21(19)24)16(3)18-6-7-20-11-15(2)23(28)27-22(20)13-18/h5-8,11-13,16H,1,9-10H2,2-3H3,(H,27,28)/t16?,24-/m1/s1. The van der Waals surface area contributed by atoms with E-state index >= 15 is 0 Å². The molecule has 0 radical (unpaired) electrons. The van der Waals surface area contributed by atoms with Gasteiger partial charge in [0.25, 0.3) is 5.56 Å². The summed E-state index contributed by atoms with van der Waals surface area (Å²) < 4.78 is 0. The lowest BCUT2D eigenvalue weighted by atomic mass is 9.76. The largest absolute Gasteiger partial charge is 0.322 e. The van der Waals surface area contributed by atoms with E-state index in [1.54, 1.807) is 0 Å². The number of aromatic nitrogens is 1. The predicted molar refractivity (Wildman–Crippen MR) is 112 cm³/mol. The molecule has 138 valence electrons. The van der Waals surface area contributed by atoms with Gasteiger partial charge in [-0.05, 0) is 78.6 Å². The first-order valence-electron chi connectivity index (χ1n) is 9.39. The summed E-state index contributed by atoms with van der Waals surface area (Å²) in [6.45, 7) is 7.70. The third-order valence-electron chi connectivity index (χ3n) is 6.03. The van der Waals surface area contributed by atoms with Crippen LogP contribution < -0.4 is 5.56 Å². The Balaban J connectivity index is 1.86. The third-order valence-corrected chi connectivity index (χ3v) is 6.03. The maximum absolute atomic E-state index is 12.0. The van der Waals surface area contributed by atoms with Crippen molar-refractivity contribution in [3.05, 3.63) is 87.2 Å². The number of aliphatic imine (C=N–C) groups is 1. The Morgan fingerprint density at radius 2 is 2.07 bits per heavy atom. The Kier molecular flexibility index (Phi) is 4.26. The predicted octanol–water partition coefficient (Wildman–Crippen LogP) is 4.51. The van der Waals surface area contributed by atoms with E-state index in [9.17, 15) is 10.1 Å². The van der Waals surface area contributed by atoms with Crippen LogP contribution in [0, 0.1) is 18.3 Å². The Labute approximate surface area is 163 Å². The zero-order valence-corrected chi connectivity index (χ0v) is 16.0. The van der Waals surface area contributed by atoms with Crippen LogP contribution in [-0.2, 0) is 12.0 Å². The van der Waals surface area contributed by atoms with Gasteiger partial charge in [-0.1, -0.05) is 25.1 Å². The molecule has 0 spiro atoms. The topological polar surface area (TPSA) is 69.0 Å². The Morgan fingerprint density at radius 1 is 1.25 bits per heavy atom. The summed E-state index contributed by atoms with van der Waals surface area (Å²) in [6, 6.07) is 16.2. The lowest BCUT2D eigenvalue weighted by Crippen LogP contribution is -2.27. The van der Waals surface area contributed by atoms with E-state index < -0.39 is 5.54 Å². The van der Waals surface area contributed by atoms with Gasteiger partial charge in [0.05, 0.1) is 11.6 Å². The number of aromatic amines is 1. The molecule has 0 fully saturated rings. The Hall–Kier alpha value is -3.41. The summed E-state index contributed by atoms with van der Waals surface area (Å²) in [5.74, 6) is 2.84. The smallest absolute Gasteiger partial charge is 0.251 e. The third kappa shape index (κ3) is 2.69. The fourth-order valence-electron chi connectivity index (χ4n) is 4.43. The molecule has 1 N–H and O–H groups in total. The minimum absolute atomic E-state index is 0.0603. The number of hydrogen-bond acceptors (Lipinski definition) is 3. The van der Waals surface area contributed by atoms with Gasteiger partial charge in [-0.3, -0.25) is 4.79 Å². The van der Waals surface area contributed by atoms with Crippen LogP contribution in [0.5, 0.6) is 0 Å². The summed E-state index contributed by atoms with van der Waals surface area (Å²) in [6.07, 6.45) is 1.70. The van der Waals surface area contributed by atoms with Crippen molar-refractivity contribution >= 4 is 16.8 Å². The van der Waals surface area contributed by atoms with Gasteiger partial charge < -0.3 is 4.98 Å². The van der Waals surface area contributed by atoms with Crippen LogP contribution in [0.4, 0.5) is 0 Å². The van der Waals surface area contributed by atoms with Crippen molar-refractivity contribution in [1.82, 2.24) is 4.98 Å². The van der Waals surface area contributed by atoms with Crippen LogP contribution in [0.1, 0.15) is 47.1 Å². The number of nitrogens with zero attached hydrogens (tertiary/aromatic N) is 2. The highest BCUT2D eigenvalue weighted by Crippen LogP contribution is 2.49. The molecule has 2 atom stereocenters. The van der Waals surface area contributed by atoms with Gasteiger partial charge in [-0.15, -0.1) is 0 Å². The fourth-order valence-corrected chi connectivity index (χ4v) is 4.43. The molecule has 0 bridgehead atoms. The Morgan fingerprint density at radius 3 is 2.82 bits per heavy atom. The quantitative estimate of drug-likeness (QED) is 0.692. The van der Waals surface area contributed by atoms with E-state index in [4.69, 9.17) is 4.99 Å². The minimum Gasteiger partial charge on any atom is -0.322 e. The SMILES string of the molecule is C=C=N[C@@]1(C(C)c2ccc3cc(C)c(=O)[nH]c3c2)CCc2cc(C#N)ccc21. The van der Waals surface area contributed by atoms with Crippen LogP contribution >= 0.6 is 0 Å². The summed E-state index contributed by atoms with van der Waals surface area (Å²) in [4.78, 5) is 19.7. The van der Waals surface area contributed by atoms with E-state index in [2.05, 4.69) is 36.5 Å². The van der Waals surface area contributed by atoms with Gasteiger partial charge in [0, 0.05) is 17.0 Å². The molecule has 0 saturated carbocycles. The van der Waals surface area contributed by atoms with E-state index in [0.717, 1.165) is 40.4 Å². The molecule has 4 heteroatoms. The van der Waals surface area contributed by atoms with Crippen molar-refractivity contribution in [3.63, 3.8) is 0 Å². The molecule has 4 rings (SSSR count). The monoisotopic (exact) mass is 367 g/mol. The first kappa shape index (κ1) is 18.0. The van der Waals surface area contributed by atoms with Gasteiger partial charge in [0.1, 0.15) is 5.54 Å². The summed E-state index contributed by atoms with van der Waals surface area (Å²) in [5.41, 5.74) is 5.07. The van der Waals surface area contributed by atoms with Gasteiger partial charge >= 0.3 is 0 Å². The normalized spacial score (nSPS) is 18.9. The molecule has 28 heavy (non-hydrogen) atoms. The molecule has 0 saturated heterocycles. The maximum atomic E-state index is 12.0. The van der Waals surface area contributed by atoms with Crippen LogP contribution in [0.3, 0.4) is 0 Å². The van der Waals surface area contributed by atoms with Crippen LogP contribution in [0.25, 0.3) is 10.9 Å². The molecule has 1 aliphatic rings. The molecule has 2 aromatic carbocycles. The van der Waals surface area contributed by atoms with Crippen molar-refractivity contribution in [2.45, 2.75) is 38.1 Å². The highest BCUT2D eigenvalue weighted by atomic mass is 16.1. The second-order valence-electron chi connectivity index (χ2n) is 7.53. The van der Waals surface area contributed by atoms with Crippen molar-refractivity contribution in [2.75, 3.05) is 0 Å². The van der Waals surface area contributed by atoms with Crippen LogP contribution in [-0.4, -0.2) is 10.9 Å². The summed E-state index contributed by atoms with van der Waals surface area (Å²) in [5, 5.41) is 10.2. The number of rotatable bonds is 3. The molecular formula is C24H21N3O. The maximum Gasteiger partial charge on any atom is 0.251 e. The molecule has 1 heterocycles. The minimum atomic E-state index is -0.469. The number of hydrogen-bond donors (Lipinski definition) is 1.